The standard InChI is InChI=1S/C16H19ClN2O/c1-4-7-19(10-12-5-6-12)16(20)13-8-14(11(2)3)18-15(17)9-13/h1,8-9,11-12H,5-7,10H2,2-3H3. The first-order valence-corrected chi connectivity index (χ1v) is 7.29. The molecule has 0 saturated heterocycles. The van der Waals surface area contributed by atoms with Crippen LogP contribution in [0.3, 0.4) is 0 Å². The molecule has 0 radical (unpaired) electrons. The fourth-order valence-corrected chi connectivity index (χ4v) is 2.28. The molecule has 1 aliphatic rings. The van der Waals surface area contributed by atoms with Crippen LogP contribution in [-0.2, 0) is 0 Å². The highest BCUT2D eigenvalue weighted by molar-refractivity contribution is 6.29. The Morgan fingerprint density at radius 1 is 1.55 bits per heavy atom. The van der Waals surface area contributed by atoms with Gasteiger partial charge in [-0.25, -0.2) is 4.98 Å². The van der Waals surface area contributed by atoms with Gasteiger partial charge in [-0.3, -0.25) is 4.79 Å². The Morgan fingerprint density at radius 3 is 2.80 bits per heavy atom. The smallest absolute Gasteiger partial charge is 0.254 e. The monoisotopic (exact) mass is 290 g/mol. The van der Waals surface area contributed by atoms with Crippen molar-refractivity contribution in [3.05, 3.63) is 28.5 Å². The number of nitrogens with zero attached hydrogens (tertiary/aromatic N) is 2. The molecule has 20 heavy (non-hydrogen) atoms. The van der Waals surface area contributed by atoms with E-state index in [4.69, 9.17) is 18.0 Å². The van der Waals surface area contributed by atoms with Crippen molar-refractivity contribution in [3.8, 4) is 12.3 Å². The summed E-state index contributed by atoms with van der Waals surface area (Å²) in [4.78, 5) is 18.5. The fraction of sp³-hybridized carbons (Fsp3) is 0.500. The van der Waals surface area contributed by atoms with E-state index in [2.05, 4.69) is 10.9 Å². The molecule has 1 saturated carbocycles. The quantitative estimate of drug-likeness (QED) is 0.615. The summed E-state index contributed by atoms with van der Waals surface area (Å²) in [7, 11) is 0. The number of pyridine rings is 1. The van der Waals surface area contributed by atoms with Gasteiger partial charge in [-0.1, -0.05) is 31.4 Å². The van der Waals surface area contributed by atoms with E-state index < -0.39 is 0 Å². The van der Waals surface area contributed by atoms with E-state index >= 15 is 0 Å². The fourth-order valence-electron chi connectivity index (χ4n) is 2.06. The van der Waals surface area contributed by atoms with Gasteiger partial charge in [0, 0.05) is 17.8 Å². The summed E-state index contributed by atoms with van der Waals surface area (Å²) in [5, 5.41) is 0.353. The first-order valence-electron chi connectivity index (χ1n) is 6.91. The highest BCUT2D eigenvalue weighted by atomic mass is 35.5. The van der Waals surface area contributed by atoms with Crippen LogP contribution in [0.4, 0.5) is 0 Å². The van der Waals surface area contributed by atoms with Crippen molar-refractivity contribution < 1.29 is 4.79 Å². The molecule has 2 rings (SSSR count). The maximum atomic E-state index is 12.6. The number of amides is 1. The van der Waals surface area contributed by atoms with Crippen LogP contribution in [0.15, 0.2) is 12.1 Å². The third-order valence-electron chi connectivity index (χ3n) is 3.40. The molecule has 0 aromatic carbocycles. The van der Waals surface area contributed by atoms with Crippen molar-refractivity contribution in [2.75, 3.05) is 13.1 Å². The molecule has 1 aromatic rings. The minimum absolute atomic E-state index is 0.0546. The SMILES string of the molecule is C#CCN(CC1CC1)C(=O)c1cc(Cl)nc(C(C)C)c1. The second-order valence-corrected chi connectivity index (χ2v) is 5.98. The molecule has 0 unspecified atom stereocenters. The average molecular weight is 291 g/mol. The Balaban J connectivity index is 2.23. The average Bonchev–Trinajstić information content (AvgIpc) is 3.20. The van der Waals surface area contributed by atoms with Crippen LogP contribution in [0.25, 0.3) is 0 Å². The van der Waals surface area contributed by atoms with Gasteiger partial charge in [0.1, 0.15) is 5.15 Å². The van der Waals surface area contributed by atoms with E-state index in [0.29, 0.717) is 23.2 Å². The van der Waals surface area contributed by atoms with Crippen LogP contribution in [0, 0.1) is 18.3 Å². The predicted molar refractivity (Wildman–Crippen MR) is 80.8 cm³/mol. The lowest BCUT2D eigenvalue weighted by atomic mass is 10.1. The Morgan fingerprint density at radius 2 is 2.25 bits per heavy atom. The first kappa shape index (κ1) is 14.9. The highest BCUT2D eigenvalue weighted by Gasteiger charge is 2.27. The maximum absolute atomic E-state index is 12.6. The molecule has 1 heterocycles. The Hall–Kier alpha value is -1.53. The maximum Gasteiger partial charge on any atom is 0.254 e. The van der Waals surface area contributed by atoms with E-state index in [0.717, 1.165) is 12.2 Å². The van der Waals surface area contributed by atoms with Crippen LogP contribution in [0.1, 0.15) is 48.7 Å². The van der Waals surface area contributed by atoms with Gasteiger partial charge >= 0.3 is 0 Å². The number of aromatic nitrogens is 1. The lowest BCUT2D eigenvalue weighted by Crippen LogP contribution is -2.33. The van der Waals surface area contributed by atoms with Crippen LogP contribution < -0.4 is 0 Å². The van der Waals surface area contributed by atoms with Gasteiger partial charge < -0.3 is 4.90 Å². The molecule has 4 heteroatoms. The Bertz CT molecular complexity index is 544. The molecule has 1 fully saturated rings. The zero-order chi connectivity index (χ0) is 14.7. The molecular formula is C16H19ClN2O. The number of halogens is 1. The summed E-state index contributed by atoms with van der Waals surface area (Å²) in [6.45, 7) is 5.12. The zero-order valence-corrected chi connectivity index (χ0v) is 12.7. The normalized spacial score (nSPS) is 14.2. The molecular weight excluding hydrogens is 272 g/mol. The van der Waals surface area contributed by atoms with Gasteiger partial charge in [-0.05, 0) is 36.8 Å². The summed E-state index contributed by atoms with van der Waals surface area (Å²) < 4.78 is 0. The number of rotatable bonds is 5. The summed E-state index contributed by atoms with van der Waals surface area (Å²) in [6, 6.07) is 3.43. The lowest BCUT2D eigenvalue weighted by molar-refractivity contribution is 0.0769. The summed E-state index contributed by atoms with van der Waals surface area (Å²) in [6.07, 6.45) is 7.73. The van der Waals surface area contributed by atoms with Crippen LogP contribution in [-0.4, -0.2) is 28.9 Å². The number of hydrogen-bond donors (Lipinski definition) is 0. The second kappa shape index (κ2) is 6.28. The van der Waals surface area contributed by atoms with Gasteiger partial charge in [0.2, 0.25) is 0 Å². The summed E-state index contributed by atoms with van der Waals surface area (Å²) in [5.74, 6) is 3.34. The molecule has 0 bridgehead atoms. The molecule has 3 nitrogen and oxygen atoms in total. The van der Waals surface area contributed by atoms with E-state index in [-0.39, 0.29) is 11.8 Å². The molecule has 0 spiro atoms. The van der Waals surface area contributed by atoms with Crippen molar-refractivity contribution in [2.45, 2.75) is 32.6 Å². The number of terminal acetylenes is 1. The molecule has 1 aromatic heterocycles. The van der Waals surface area contributed by atoms with E-state index in [9.17, 15) is 4.79 Å². The van der Waals surface area contributed by atoms with Crippen LogP contribution >= 0.6 is 11.6 Å². The summed E-state index contributed by atoms with van der Waals surface area (Å²) >= 11 is 6.02. The second-order valence-electron chi connectivity index (χ2n) is 5.59. The molecule has 0 atom stereocenters. The van der Waals surface area contributed by atoms with Crippen molar-refractivity contribution in [1.29, 1.82) is 0 Å². The van der Waals surface area contributed by atoms with E-state index in [1.807, 2.05) is 19.9 Å². The first-order chi connectivity index (χ1) is 9.51. The zero-order valence-electron chi connectivity index (χ0n) is 11.9. The number of carbonyl (C=O) groups is 1. The summed E-state index contributed by atoms with van der Waals surface area (Å²) in [5.41, 5.74) is 1.40. The van der Waals surface area contributed by atoms with Crippen molar-refractivity contribution in [3.63, 3.8) is 0 Å². The molecule has 106 valence electrons. The Labute approximate surface area is 125 Å². The molecule has 0 N–H and O–H groups in total. The van der Waals surface area contributed by atoms with Gasteiger partial charge in [0.25, 0.3) is 5.91 Å². The molecule has 0 aliphatic heterocycles. The van der Waals surface area contributed by atoms with Gasteiger partial charge in [0.15, 0.2) is 0 Å². The van der Waals surface area contributed by atoms with Crippen molar-refractivity contribution in [1.82, 2.24) is 9.88 Å². The lowest BCUT2D eigenvalue weighted by Gasteiger charge is -2.20. The van der Waals surface area contributed by atoms with Gasteiger partial charge in [-0.2, -0.15) is 0 Å². The predicted octanol–water partition coefficient (Wildman–Crippen LogP) is 3.34. The molecule has 1 aliphatic carbocycles. The van der Waals surface area contributed by atoms with E-state index in [1.54, 1.807) is 11.0 Å². The largest absolute Gasteiger partial charge is 0.327 e. The van der Waals surface area contributed by atoms with Crippen LogP contribution in [0.5, 0.6) is 0 Å². The van der Waals surface area contributed by atoms with E-state index in [1.165, 1.54) is 12.8 Å². The van der Waals surface area contributed by atoms with Crippen molar-refractivity contribution in [2.24, 2.45) is 5.92 Å². The van der Waals surface area contributed by atoms with Gasteiger partial charge in [-0.15, -0.1) is 6.42 Å². The highest BCUT2D eigenvalue weighted by Crippen LogP contribution is 2.30. The Kier molecular flexibility index (Phi) is 4.67. The number of carbonyl (C=O) groups excluding carboxylic acids is 1. The minimum Gasteiger partial charge on any atom is -0.327 e. The van der Waals surface area contributed by atoms with Gasteiger partial charge in [0.05, 0.1) is 6.54 Å². The van der Waals surface area contributed by atoms with Crippen molar-refractivity contribution >= 4 is 17.5 Å². The molecule has 1 amide bonds. The topological polar surface area (TPSA) is 33.2 Å². The third kappa shape index (κ3) is 3.74. The number of hydrogen-bond acceptors (Lipinski definition) is 2. The third-order valence-corrected chi connectivity index (χ3v) is 3.59. The van der Waals surface area contributed by atoms with Crippen LogP contribution in [0.2, 0.25) is 5.15 Å². The minimum atomic E-state index is -0.0546.